The maximum Gasteiger partial charge on any atom is 0.224 e. The van der Waals surface area contributed by atoms with Crippen LogP contribution in [0.2, 0.25) is 0 Å². The van der Waals surface area contributed by atoms with E-state index in [1.165, 1.54) is 19.2 Å². The summed E-state index contributed by atoms with van der Waals surface area (Å²) in [6.07, 6.45) is 0. The second-order valence-corrected chi connectivity index (χ2v) is 13.1. The second-order valence-electron chi connectivity index (χ2n) is 4.31. The number of sulfonamides is 1. The summed E-state index contributed by atoms with van der Waals surface area (Å²) in [7, 11) is -6.47. The van der Waals surface area contributed by atoms with Crippen LogP contribution < -0.4 is 0 Å². The Morgan fingerprint density at radius 1 is 1.09 bits per heavy atom. The first-order chi connectivity index (χ1) is 10.4. The molecule has 5 nitrogen and oxygen atoms in total. The van der Waals surface area contributed by atoms with Gasteiger partial charge in [-0.3, -0.25) is 0 Å². The predicted molar refractivity (Wildman–Crippen MR) is 97.6 cm³/mol. The average molecular weight is 461 g/mol. The van der Waals surface area contributed by atoms with Gasteiger partial charge in [-0.15, -0.1) is 26.9 Å². The number of rotatable bonds is 8. The Balaban J connectivity index is 2.80. The fraction of sp³-hybridized carbons (Fsp3) is 0.455. The minimum atomic E-state index is -3.94. The first-order valence-corrected chi connectivity index (χ1v) is 11.6. The summed E-state index contributed by atoms with van der Waals surface area (Å²) in [5, 5.41) is 0. The van der Waals surface area contributed by atoms with Gasteiger partial charge >= 0.3 is 0 Å². The molecule has 23 heavy (non-hydrogen) atoms. The van der Waals surface area contributed by atoms with E-state index in [4.69, 9.17) is 46.4 Å². The highest BCUT2D eigenvalue weighted by Crippen LogP contribution is 2.44. The van der Waals surface area contributed by atoms with Crippen LogP contribution in [0.4, 0.5) is 0 Å². The van der Waals surface area contributed by atoms with E-state index in [1.54, 1.807) is 18.2 Å². The minimum Gasteiger partial charge on any atom is -0.224 e. The van der Waals surface area contributed by atoms with E-state index in [1.807, 2.05) is 0 Å². The highest BCUT2D eigenvalue weighted by atomic mass is 35.5. The van der Waals surface area contributed by atoms with Crippen LogP contribution in [0.15, 0.2) is 35.2 Å². The normalized spacial score (nSPS) is 13.7. The van der Waals surface area contributed by atoms with Gasteiger partial charge in [0.2, 0.25) is 13.7 Å². The number of alkyl halides is 4. The molecule has 0 saturated carbocycles. The van der Waals surface area contributed by atoms with Gasteiger partial charge in [-0.05, 0) is 24.1 Å². The topological polar surface area (TPSA) is 71.5 Å². The lowest BCUT2D eigenvalue weighted by Crippen LogP contribution is -2.32. The van der Waals surface area contributed by atoms with Crippen LogP contribution in [0.3, 0.4) is 0 Å². The molecular weight excluding hydrogens is 448 g/mol. The lowest BCUT2D eigenvalue weighted by Gasteiger charge is -2.25. The molecule has 0 unspecified atom stereocenters. The Kier molecular flexibility index (Phi) is 7.82. The lowest BCUT2D eigenvalue weighted by atomic mass is 10.4. The van der Waals surface area contributed by atoms with Crippen LogP contribution in [0.25, 0.3) is 0 Å². The second kappa shape index (κ2) is 8.31. The number of hydrogen-bond acceptors (Lipinski definition) is 5. The van der Waals surface area contributed by atoms with Crippen molar-refractivity contribution < 1.29 is 16.8 Å². The van der Waals surface area contributed by atoms with Crippen LogP contribution in [-0.2, 0) is 19.9 Å². The van der Waals surface area contributed by atoms with Crippen molar-refractivity contribution >= 4 is 78.2 Å². The molecule has 0 heterocycles. The smallest absolute Gasteiger partial charge is 0.224 e. The molecule has 0 saturated heterocycles. The monoisotopic (exact) mass is 459 g/mol. The number of sulfone groups is 1. The molecular formula is C11H13Cl4NO4S3. The summed E-state index contributed by atoms with van der Waals surface area (Å²) < 4.78 is 47.5. The predicted octanol–water partition coefficient (Wildman–Crippen LogP) is 3.31. The maximum absolute atomic E-state index is 12.1. The Labute approximate surface area is 160 Å². The van der Waals surface area contributed by atoms with E-state index in [9.17, 15) is 16.8 Å². The van der Waals surface area contributed by atoms with Crippen LogP contribution >= 0.6 is 58.4 Å². The third kappa shape index (κ3) is 6.43. The van der Waals surface area contributed by atoms with E-state index in [-0.39, 0.29) is 4.90 Å². The molecule has 0 spiro atoms. The number of halogens is 4. The molecule has 0 amide bonds. The fourth-order valence-electron chi connectivity index (χ4n) is 1.36. The molecule has 0 aliphatic carbocycles. The number of benzene rings is 1. The van der Waals surface area contributed by atoms with Crippen LogP contribution in [0, 0.1) is 0 Å². The van der Waals surface area contributed by atoms with Gasteiger partial charge in [0.15, 0.2) is 14.7 Å². The number of nitrogens with zero attached hydrogens (tertiary/aromatic N) is 1. The van der Waals surface area contributed by atoms with Gasteiger partial charge in [0.05, 0.1) is 16.4 Å². The highest BCUT2D eigenvalue weighted by molar-refractivity contribution is 8.11. The van der Waals surface area contributed by atoms with Crippen LogP contribution in [-0.4, -0.2) is 47.6 Å². The van der Waals surface area contributed by atoms with E-state index in [0.29, 0.717) is 11.9 Å². The Morgan fingerprint density at radius 2 is 1.61 bits per heavy atom. The third-order valence-corrected chi connectivity index (χ3v) is 9.95. The SMILES string of the molecule is CN(SC(Cl)(Cl)C(Cl)Cl)S(=O)(=O)CCS(=O)(=O)c1ccccc1. The van der Waals surface area contributed by atoms with E-state index < -0.39 is 39.9 Å². The van der Waals surface area contributed by atoms with Crippen molar-refractivity contribution in [3.63, 3.8) is 0 Å². The molecule has 0 atom stereocenters. The summed E-state index contributed by atoms with van der Waals surface area (Å²) >= 11 is 23.2. The van der Waals surface area contributed by atoms with E-state index in [2.05, 4.69) is 0 Å². The van der Waals surface area contributed by atoms with Crippen molar-refractivity contribution in [2.45, 2.75) is 13.4 Å². The van der Waals surface area contributed by atoms with Gasteiger partial charge < -0.3 is 0 Å². The van der Waals surface area contributed by atoms with Crippen LogP contribution in [0.1, 0.15) is 0 Å². The number of hydrogen-bond donors (Lipinski definition) is 0. The van der Waals surface area contributed by atoms with E-state index in [0.717, 1.165) is 3.71 Å². The zero-order valence-electron chi connectivity index (χ0n) is 11.7. The molecule has 1 aromatic rings. The first kappa shape index (κ1) is 21.6. The summed E-state index contributed by atoms with van der Waals surface area (Å²) in [4.78, 5) is -1.20. The molecule has 0 N–H and O–H groups in total. The zero-order chi connectivity index (χ0) is 17.9. The van der Waals surface area contributed by atoms with Gasteiger partial charge in [0, 0.05) is 7.05 Å². The largest absolute Gasteiger partial charge is 0.224 e. The van der Waals surface area contributed by atoms with Gasteiger partial charge in [-0.25, -0.2) is 16.8 Å². The molecule has 1 rings (SSSR count). The fourth-order valence-corrected chi connectivity index (χ4v) is 6.70. The zero-order valence-corrected chi connectivity index (χ0v) is 17.2. The van der Waals surface area contributed by atoms with Gasteiger partial charge in [-0.2, -0.15) is 0 Å². The van der Waals surface area contributed by atoms with Crippen LogP contribution in [0.5, 0.6) is 0 Å². The molecule has 0 radical (unpaired) electrons. The molecule has 0 aliphatic heterocycles. The third-order valence-electron chi connectivity index (χ3n) is 2.61. The highest BCUT2D eigenvalue weighted by Gasteiger charge is 2.38. The van der Waals surface area contributed by atoms with Crippen molar-refractivity contribution in [2.75, 3.05) is 18.6 Å². The molecule has 0 aromatic heterocycles. The van der Waals surface area contributed by atoms with Gasteiger partial charge in [0.25, 0.3) is 0 Å². The summed E-state index contributed by atoms with van der Waals surface area (Å²) in [6.45, 7) is 0. The minimum absolute atomic E-state index is 0.0520. The molecule has 0 fully saturated rings. The van der Waals surface area contributed by atoms with Crippen molar-refractivity contribution in [1.29, 1.82) is 0 Å². The quantitative estimate of drug-likeness (QED) is 0.439. The molecule has 12 heteroatoms. The summed E-state index contributed by atoms with van der Waals surface area (Å²) in [5.74, 6) is -1.21. The van der Waals surface area contributed by atoms with Crippen molar-refractivity contribution in [1.82, 2.24) is 3.71 Å². The molecule has 1 aromatic carbocycles. The Hall–Kier alpha value is 0.590. The van der Waals surface area contributed by atoms with E-state index >= 15 is 0 Å². The molecule has 0 aliphatic rings. The van der Waals surface area contributed by atoms with Gasteiger partial charge in [0.1, 0.15) is 0 Å². The Bertz CT molecular complexity index is 723. The van der Waals surface area contributed by atoms with Crippen molar-refractivity contribution in [3.8, 4) is 0 Å². The lowest BCUT2D eigenvalue weighted by molar-refractivity contribution is 0.562. The molecule has 132 valence electrons. The average Bonchev–Trinajstić information content (AvgIpc) is 2.45. The standard InChI is InChI=1S/C11H13Cl4NO4S3/c1-16(21-11(14,15)10(12)13)23(19,20)8-7-22(17,18)9-5-3-2-4-6-9/h2-6,10H,7-8H2,1H3. The van der Waals surface area contributed by atoms with Crippen molar-refractivity contribution in [2.24, 2.45) is 0 Å². The molecule has 0 bridgehead atoms. The van der Waals surface area contributed by atoms with Crippen molar-refractivity contribution in [3.05, 3.63) is 30.3 Å². The van der Waals surface area contributed by atoms with Gasteiger partial charge in [-0.1, -0.05) is 41.4 Å². The first-order valence-electron chi connectivity index (χ1n) is 5.98. The maximum atomic E-state index is 12.1. The summed E-state index contributed by atoms with van der Waals surface area (Å²) in [6, 6.07) is 7.57. The summed E-state index contributed by atoms with van der Waals surface area (Å²) in [5.41, 5.74) is 0. The Morgan fingerprint density at radius 3 is 2.09 bits per heavy atom.